The Hall–Kier alpha value is -3.64. The van der Waals surface area contributed by atoms with Crippen LogP contribution in [0.3, 0.4) is 0 Å². The van der Waals surface area contributed by atoms with Crippen LogP contribution in [0.2, 0.25) is 0 Å². The summed E-state index contributed by atoms with van der Waals surface area (Å²) >= 11 is 0. The number of carbonyl (C=O) groups is 3. The highest BCUT2D eigenvalue weighted by atomic mass is 19.4. The zero-order valence-electron chi connectivity index (χ0n) is 13.4. The van der Waals surface area contributed by atoms with E-state index in [0.717, 1.165) is 0 Å². The van der Waals surface area contributed by atoms with Gasteiger partial charge < -0.3 is 15.9 Å². The maximum atomic E-state index is 10.9. The molecule has 13 heteroatoms. The molecule has 0 aliphatic heterocycles. The third-order valence-corrected chi connectivity index (χ3v) is 2.77. The quantitative estimate of drug-likeness (QED) is 0.605. The lowest BCUT2D eigenvalue weighted by molar-refractivity contribution is -0.752. The van der Waals surface area contributed by atoms with E-state index >= 15 is 0 Å². The molecule has 27 heavy (non-hydrogen) atoms. The van der Waals surface area contributed by atoms with Crippen LogP contribution in [-0.2, 0) is 16.1 Å². The molecule has 0 aromatic carbocycles. The first kappa shape index (κ1) is 21.4. The highest BCUT2D eigenvalue weighted by molar-refractivity contribution is 5.90. The normalized spacial score (nSPS) is 10.5. The van der Waals surface area contributed by atoms with Gasteiger partial charge in [0.05, 0.1) is 18.1 Å². The average molecular weight is 388 g/mol. The Bertz CT molecular complexity index is 809. The molecule has 0 fully saturated rings. The number of carboxylic acid groups (broad SMARTS) is 2. The van der Waals surface area contributed by atoms with Crippen molar-refractivity contribution < 1.29 is 42.4 Å². The molecule has 0 bridgehead atoms. The van der Waals surface area contributed by atoms with Gasteiger partial charge >= 0.3 is 18.1 Å². The molecule has 10 nitrogen and oxygen atoms in total. The van der Waals surface area contributed by atoms with Crippen LogP contribution in [0.5, 0.6) is 0 Å². The third kappa shape index (κ3) is 7.41. The number of aryl methyl sites for hydroxylation is 1. The zero-order chi connectivity index (χ0) is 20.6. The number of alkyl halides is 3. The molecule has 4 N–H and O–H groups in total. The second-order valence-corrected chi connectivity index (χ2v) is 4.78. The molecular weight excluding hydrogens is 375 g/mol. The fourth-order valence-electron chi connectivity index (χ4n) is 1.48. The van der Waals surface area contributed by atoms with Crippen molar-refractivity contribution in [2.24, 2.45) is 5.73 Å². The smallest absolute Gasteiger partial charge is 0.481 e. The maximum Gasteiger partial charge on any atom is 0.490 e. The minimum Gasteiger partial charge on any atom is -0.481 e. The summed E-state index contributed by atoms with van der Waals surface area (Å²) in [6.07, 6.45) is 0.851. The van der Waals surface area contributed by atoms with Crippen LogP contribution in [0.25, 0.3) is 11.3 Å². The number of nitrogens with zero attached hydrogens (tertiary/aromatic N) is 4. The second-order valence-electron chi connectivity index (χ2n) is 4.78. The summed E-state index contributed by atoms with van der Waals surface area (Å²) in [5.41, 5.74) is 6.42. The number of nitrogens with two attached hydrogens (primary N) is 1. The summed E-state index contributed by atoms with van der Waals surface area (Å²) in [5, 5.41) is 19.8. The molecule has 2 rings (SSSR count). The standard InChI is InChI=1S/C12H11N5O3.C2HF3O2/c13-12(20)10-7-14-9(6-15-10)8-1-3-17(16-5-8)4-2-11(18)19;3-2(4,5)1(6)7/h1,3,5-7H,2,4H2,(H2-,13,18,19,20);(H,6,7)/p+1. The topological polar surface area (TPSA) is 160 Å². The van der Waals surface area contributed by atoms with Crippen molar-refractivity contribution >= 4 is 17.8 Å². The Morgan fingerprint density at radius 2 is 1.74 bits per heavy atom. The Balaban J connectivity index is 0.000000445. The predicted molar refractivity (Wildman–Crippen MR) is 79.9 cm³/mol. The van der Waals surface area contributed by atoms with Crippen LogP contribution < -0.4 is 10.4 Å². The maximum absolute atomic E-state index is 10.9. The first-order valence-electron chi connectivity index (χ1n) is 7.00. The van der Waals surface area contributed by atoms with Crippen molar-refractivity contribution in [3.8, 4) is 11.3 Å². The number of primary amides is 1. The van der Waals surface area contributed by atoms with E-state index in [0.29, 0.717) is 17.8 Å². The zero-order valence-corrected chi connectivity index (χ0v) is 13.4. The van der Waals surface area contributed by atoms with Gasteiger partial charge in [0, 0.05) is 11.6 Å². The number of amides is 1. The van der Waals surface area contributed by atoms with Crippen LogP contribution in [0.15, 0.2) is 30.9 Å². The first-order chi connectivity index (χ1) is 12.5. The first-order valence-corrected chi connectivity index (χ1v) is 7.00. The third-order valence-electron chi connectivity index (χ3n) is 2.77. The number of hydrogen-bond acceptors (Lipinski definition) is 6. The van der Waals surface area contributed by atoms with E-state index in [4.69, 9.17) is 20.7 Å². The summed E-state index contributed by atoms with van der Waals surface area (Å²) in [6, 6.07) is 1.74. The van der Waals surface area contributed by atoms with Gasteiger partial charge in [0.15, 0.2) is 12.7 Å². The van der Waals surface area contributed by atoms with Crippen LogP contribution in [0, 0.1) is 0 Å². The Morgan fingerprint density at radius 1 is 1.11 bits per heavy atom. The van der Waals surface area contributed by atoms with Crippen molar-refractivity contribution in [3.63, 3.8) is 0 Å². The van der Waals surface area contributed by atoms with Gasteiger partial charge in [-0.25, -0.2) is 9.78 Å². The van der Waals surface area contributed by atoms with Crippen molar-refractivity contribution in [1.29, 1.82) is 0 Å². The van der Waals surface area contributed by atoms with Crippen LogP contribution in [0.1, 0.15) is 16.9 Å². The molecule has 144 valence electrons. The molecule has 2 heterocycles. The molecule has 0 unspecified atom stereocenters. The van der Waals surface area contributed by atoms with E-state index in [2.05, 4.69) is 15.1 Å². The lowest BCUT2D eigenvalue weighted by Gasteiger charge is -1.99. The summed E-state index contributed by atoms with van der Waals surface area (Å²) in [7, 11) is 0. The molecule has 0 saturated carbocycles. The number of aliphatic carboxylic acids is 2. The second kappa shape index (κ2) is 9.17. The summed E-state index contributed by atoms with van der Waals surface area (Å²) in [4.78, 5) is 38.2. The van der Waals surface area contributed by atoms with Crippen LogP contribution >= 0.6 is 0 Å². The van der Waals surface area contributed by atoms with Crippen molar-refractivity contribution in [3.05, 3.63) is 36.5 Å². The number of rotatable bonds is 5. The highest BCUT2D eigenvalue weighted by Crippen LogP contribution is 2.13. The average Bonchev–Trinajstić information content (AvgIpc) is 2.60. The number of hydrogen-bond donors (Lipinski definition) is 3. The minimum atomic E-state index is -5.08. The lowest BCUT2D eigenvalue weighted by atomic mass is 10.2. The Labute approximate surface area is 149 Å². The number of aromatic nitrogens is 4. The SMILES string of the molecule is NC(=O)c1cnc(-c2cc[n+](CCC(=O)O)nc2)cn1.O=C(O)C(F)(F)F. The molecule has 0 radical (unpaired) electrons. The highest BCUT2D eigenvalue weighted by Gasteiger charge is 2.38. The Kier molecular flexibility index (Phi) is 7.27. The van der Waals surface area contributed by atoms with Gasteiger partial charge in [-0.05, 0) is 5.10 Å². The number of halogens is 3. The molecule has 2 aromatic heterocycles. The lowest BCUT2D eigenvalue weighted by Crippen LogP contribution is -2.38. The molecular formula is C14H13F3N5O5+. The van der Waals surface area contributed by atoms with E-state index in [9.17, 15) is 22.8 Å². The molecule has 0 saturated heterocycles. The molecule has 0 aliphatic rings. The van der Waals surface area contributed by atoms with Gasteiger partial charge in [0.1, 0.15) is 18.3 Å². The fraction of sp³-hybridized carbons (Fsp3) is 0.214. The van der Waals surface area contributed by atoms with Gasteiger partial charge in [-0.3, -0.25) is 14.6 Å². The van der Waals surface area contributed by atoms with E-state index < -0.39 is 24.0 Å². The van der Waals surface area contributed by atoms with E-state index in [-0.39, 0.29) is 12.1 Å². The van der Waals surface area contributed by atoms with Gasteiger partial charge in [-0.15, -0.1) is 0 Å². The number of carboxylic acids is 2. The van der Waals surface area contributed by atoms with E-state index in [1.165, 1.54) is 17.1 Å². The van der Waals surface area contributed by atoms with Gasteiger partial charge in [0.2, 0.25) is 0 Å². The largest absolute Gasteiger partial charge is 0.490 e. The van der Waals surface area contributed by atoms with E-state index in [1.54, 1.807) is 18.5 Å². The minimum absolute atomic E-state index is 0.00409. The molecule has 0 atom stereocenters. The van der Waals surface area contributed by atoms with Crippen molar-refractivity contribution in [2.45, 2.75) is 19.1 Å². The molecule has 2 aromatic rings. The summed E-state index contributed by atoms with van der Waals surface area (Å²) in [6.45, 7) is 0.294. The van der Waals surface area contributed by atoms with E-state index in [1.807, 2.05) is 0 Å². The van der Waals surface area contributed by atoms with Gasteiger partial charge in [-0.2, -0.15) is 13.2 Å². The van der Waals surface area contributed by atoms with Crippen LogP contribution in [-0.4, -0.2) is 49.3 Å². The molecule has 1 amide bonds. The summed E-state index contributed by atoms with van der Waals surface area (Å²) in [5.74, 6) is -4.27. The number of carbonyl (C=O) groups excluding carboxylic acids is 1. The van der Waals surface area contributed by atoms with Crippen molar-refractivity contribution in [2.75, 3.05) is 0 Å². The van der Waals surface area contributed by atoms with Gasteiger partial charge in [0.25, 0.3) is 5.91 Å². The van der Waals surface area contributed by atoms with Crippen molar-refractivity contribution in [1.82, 2.24) is 15.1 Å². The fourth-order valence-corrected chi connectivity index (χ4v) is 1.48. The monoisotopic (exact) mass is 388 g/mol. The molecule has 0 spiro atoms. The molecule has 0 aliphatic carbocycles. The van der Waals surface area contributed by atoms with Gasteiger partial charge in [-0.1, -0.05) is 4.68 Å². The Morgan fingerprint density at radius 3 is 2.11 bits per heavy atom. The predicted octanol–water partition coefficient (Wildman–Crippen LogP) is 0.0330. The van der Waals surface area contributed by atoms with Crippen LogP contribution in [0.4, 0.5) is 13.2 Å². The summed E-state index contributed by atoms with van der Waals surface area (Å²) < 4.78 is 33.3.